The summed E-state index contributed by atoms with van der Waals surface area (Å²) in [6, 6.07) is 13.9. The van der Waals surface area contributed by atoms with Crippen molar-refractivity contribution < 1.29 is 9.90 Å². The molecule has 6 heteroatoms. The maximum atomic E-state index is 11.8. The Hall–Kier alpha value is -2.28. The van der Waals surface area contributed by atoms with Gasteiger partial charge in [0.15, 0.2) is 0 Å². The minimum Gasteiger partial charge on any atom is -0.392 e. The van der Waals surface area contributed by atoms with Crippen LogP contribution < -0.4 is 5.73 Å². The van der Waals surface area contributed by atoms with Crippen LogP contribution in [0.5, 0.6) is 0 Å². The molecule has 1 amide bonds. The third-order valence-corrected chi connectivity index (χ3v) is 5.35. The van der Waals surface area contributed by atoms with Crippen LogP contribution in [-0.4, -0.2) is 64.6 Å². The van der Waals surface area contributed by atoms with Crippen molar-refractivity contribution in [3.63, 3.8) is 0 Å². The number of hydrogen-bond acceptors (Lipinski definition) is 5. The molecule has 0 spiro atoms. The SMILES string of the molecule is NC(=O)C(Cc1ccccc1)CC(O)CN1CCN(Cc2cccnc2)CC1. The minimum atomic E-state index is -0.550. The van der Waals surface area contributed by atoms with Crippen LogP contribution in [0.15, 0.2) is 54.9 Å². The molecule has 0 bridgehead atoms. The molecule has 1 aliphatic heterocycles. The Labute approximate surface area is 167 Å². The highest BCUT2D eigenvalue weighted by Crippen LogP contribution is 2.16. The molecule has 1 aliphatic rings. The van der Waals surface area contributed by atoms with E-state index in [1.54, 1.807) is 6.20 Å². The topological polar surface area (TPSA) is 82.7 Å². The Kier molecular flexibility index (Phi) is 7.54. The molecule has 150 valence electrons. The van der Waals surface area contributed by atoms with Crippen LogP contribution >= 0.6 is 0 Å². The number of primary amides is 1. The smallest absolute Gasteiger partial charge is 0.220 e. The van der Waals surface area contributed by atoms with E-state index in [2.05, 4.69) is 20.9 Å². The van der Waals surface area contributed by atoms with E-state index in [0.29, 0.717) is 19.4 Å². The van der Waals surface area contributed by atoms with Crippen molar-refractivity contribution in [2.24, 2.45) is 11.7 Å². The number of piperazine rings is 1. The number of pyridine rings is 1. The lowest BCUT2D eigenvalue weighted by molar-refractivity contribution is -0.122. The Bertz CT molecular complexity index is 718. The zero-order chi connectivity index (χ0) is 19.8. The lowest BCUT2D eigenvalue weighted by atomic mass is 9.93. The maximum Gasteiger partial charge on any atom is 0.220 e. The van der Waals surface area contributed by atoms with E-state index in [4.69, 9.17) is 5.73 Å². The first-order chi connectivity index (χ1) is 13.6. The molecular formula is C22H30N4O2. The zero-order valence-electron chi connectivity index (χ0n) is 16.3. The molecular weight excluding hydrogens is 352 g/mol. The van der Waals surface area contributed by atoms with Crippen molar-refractivity contribution in [1.29, 1.82) is 0 Å². The third-order valence-electron chi connectivity index (χ3n) is 5.35. The van der Waals surface area contributed by atoms with Crippen molar-refractivity contribution in [1.82, 2.24) is 14.8 Å². The first kappa shape index (κ1) is 20.5. The van der Waals surface area contributed by atoms with Gasteiger partial charge in [-0.05, 0) is 30.0 Å². The molecule has 1 aromatic heterocycles. The average Bonchev–Trinajstić information content (AvgIpc) is 2.70. The Balaban J connectivity index is 1.43. The second kappa shape index (κ2) is 10.3. The minimum absolute atomic E-state index is 0.343. The molecule has 0 saturated carbocycles. The van der Waals surface area contributed by atoms with Gasteiger partial charge < -0.3 is 10.8 Å². The van der Waals surface area contributed by atoms with E-state index < -0.39 is 6.10 Å². The van der Waals surface area contributed by atoms with Gasteiger partial charge in [-0.25, -0.2) is 0 Å². The Morgan fingerprint density at radius 1 is 1.04 bits per heavy atom. The highest BCUT2D eigenvalue weighted by molar-refractivity contribution is 5.77. The van der Waals surface area contributed by atoms with Crippen molar-refractivity contribution in [3.8, 4) is 0 Å². The first-order valence-electron chi connectivity index (χ1n) is 9.95. The number of rotatable bonds is 9. The summed E-state index contributed by atoms with van der Waals surface area (Å²) in [5.74, 6) is -0.687. The van der Waals surface area contributed by atoms with Gasteiger partial charge in [0.25, 0.3) is 0 Å². The molecule has 2 unspecified atom stereocenters. The van der Waals surface area contributed by atoms with Gasteiger partial charge >= 0.3 is 0 Å². The van der Waals surface area contributed by atoms with Crippen LogP contribution in [0.4, 0.5) is 0 Å². The summed E-state index contributed by atoms with van der Waals surface area (Å²) in [6.07, 6.45) is 4.13. The van der Waals surface area contributed by atoms with E-state index in [-0.39, 0.29) is 11.8 Å². The number of nitrogens with two attached hydrogens (primary N) is 1. The van der Waals surface area contributed by atoms with Gasteiger partial charge in [-0.1, -0.05) is 36.4 Å². The number of aromatic nitrogens is 1. The van der Waals surface area contributed by atoms with E-state index in [1.165, 1.54) is 5.56 Å². The van der Waals surface area contributed by atoms with Crippen molar-refractivity contribution >= 4 is 5.91 Å². The molecule has 2 aromatic rings. The number of benzene rings is 1. The van der Waals surface area contributed by atoms with Gasteiger partial charge in [0.2, 0.25) is 5.91 Å². The molecule has 0 aliphatic carbocycles. The van der Waals surface area contributed by atoms with Gasteiger partial charge in [0, 0.05) is 57.6 Å². The van der Waals surface area contributed by atoms with Gasteiger partial charge in [-0.3, -0.25) is 19.6 Å². The Morgan fingerprint density at radius 3 is 2.36 bits per heavy atom. The lowest BCUT2D eigenvalue weighted by Crippen LogP contribution is -2.48. The quantitative estimate of drug-likeness (QED) is 0.683. The number of carbonyl (C=O) groups excluding carboxylic acids is 1. The highest BCUT2D eigenvalue weighted by atomic mass is 16.3. The average molecular weight is 383 g/mol. The molecule has 3 rings (SSSR count). The molecule has 0 radical (unpaired) electrons. The summed E-state index contributed by atoms with van der Waals surface area (Å²) < 4.78 is 0. The fourth-order valence-electron chi connectivity index (χ4n) is 3.78. The van der Waals surface area contributed by atoms with Crippen LogP contribution in [0.1, 0.15) is 17.5 Å². The molecule has 1 saturated heterocycles. The second-order valence-electron chi connectivity index (χ2n) is 7.62. The van der Waals surface area contributed by atoms with Gasteiger partial charge in [0.05, 0.1) is 6.10 Å². The summed E-state index contributed by atoms with van der Waals surface area (Å²) in [4.78, 5) is 20.7. The largest absolute Gasteiger partial charge is 0.392 e. The molecule has 2 atom stereocenters. The number of β-amino-alcohol motifs (C(OH)–C–C–N with tert-alkyl or cyclic N) is 1. The molecule has 1 aromatic carbocycles. The molecule has 1 fully saturated rings. The predicted octanol–water partition coefficient (Wildman–Crippen LogP) is 1.29. The monoisotopic (exact) mass is 382 g/mol. The number of nitrogens with zero attached hydrogens (tertiary/aromatic N) is 3. The summed E-state index contributed by atoms with van der Waals surface area (Å²) in [6.45, 7) is 5.24. The van der Waals surface area contributed by atoms with Crippen LogP contribution in [0, 0.1) is 5.92 Å². The number of amides is 1. The van der Waals surface area contributed by atoms with Crippen LogP contribution in [0.2, 0.25) is 0 Å². The third kappa shape index (κ3) is 6.41. The van der Waals surface area contributed by atoms with Crippen molar-refractivity contribution in [2.45, 2.75) is 25.5 Å². The fraction of sp³-hybridized carbons (Fsp3) is 0.455. The number of hydrogen-bond donors (Lipinski definition) is 2. The normalized spacial score (nSPS) is 17.9. The van der Waals surface area contributed by atoms with E-state index in [9.17, 15) is 9.90 Å². The molecule has 3 N–H and O–H groups in total. The van der Waals surface area contributed by atoms with Crippen molar-refractivity contribution in [2.75, 3.05) is 32.7 Å². The number of aliphatic hydroxyl groups excluding tert-OH is 1. The fourth-order valence-corrected chi connectivity index (χ4v) is 3.78. The van der Waals surface area contributed by atoms with Gasteiger partial charge in [0.1, 0.15) is 0 Å². The summed E-state index contributed by atoms with van der Waals surface area (Å²) in [5, 5.41) is 10.5. The summed E-state index contributed by atoms with van der Waals surface area (Å²) in [5.41, 5.74) is 7.88. The first-order valence-corrected chi connectivity index (χ1v) is 9.95. The summed E-state index contributed by atoms with van der Waals surface area (Å²) in [7, 11) is 0. The number of carbonyl (C=O) groups is 1. The standard InChI is InChI=1S/C22H30N4O2/c23-22(28)20(13-18-5-2-1-3-6-18)14-21(27)17-26-11-9-25(10-12-26)16-19-7-4-8-24-15-19/h1-8,15,20-21,27H,9-14,16-17H2,(H2,23,28). The second-order valence-corrected chi connectivity index (χ2v) is 7.62. The molecule has 2 heterocycles. The molecule has 6 nitrogen and oxygen atoms in total. The van der Waals surface area contributed by atoms with E-state index >= 15 is 0 Å². The Morgan fingerprint density at radius 2 is 1.71 bits per heavy atom. The zero-order valence-corrected chi connectivity index (χ0v) is 16.3. The lowest BCUT2D eigenvalue weighted by Gasteiger charge is -2.35. The van der Waals surface area contributed by atoms with Crippen LogP contribution in [0.3, 0.4) is 0 Å². The van der Waals surface area contributed by atoms with Gasteiger partial charge in [-0.2, -0.15) is 0 Å². The molecule has 28 heavy (non-hydrogen) atoms. The van der Waals surface area contributed by atoms with Crippen LogP contribution in [-0.2, 0) is 17.8 Å². The highest BCUT2D eigenvalue weighted by Gasteiger charge is 2.24. The predicted molar refractivity (Wildman–Crippen MR) is 109 cm³/mol. The van der Waals surface area contributed by atoms with Gasteiger partial charge in [-0.15, -0.1) is 0 Å². The van der Waals surface area contributed by atoms with Crippen LogP contribution in [0.25, 0.3) is 0 Å². The van der Waals surface area contributed by atoms with E-state index in [1.807, 2.05) is 42.6 Å². The maximum absolute atomic E-state index is 11.8. The van der Waals surface area contributed by atoms with Crippen molar-refractivity contribution in [3.05, 3.63) is 66.0 Å². The summed E-state index contributed by atoms with van der Waals surface area (Å²) >= 11 is 0. The number of aliphatic hydroxyl groups is 1. The van der Waals surface area contributed by atoms with E-state index in [0.717, 1.165) is 38.3 Å².